The van der Waals surface area contributed by atoms with E-state index in [2.05, 4.69) is 5.32 Å². The van der Waals surface area contributed by atoms with Gasteiger partial charge in [0.25, 0.3) is 5.91 Å². The van der Waals surface area contributed by atoms with Crippen molar-refractivity contribution in [1.82, 2.24) is 15.1 Å². The maximum absolute atomic E-state index is 12.8. The lowest BCUT2D eigenvalue weighted by Gasteiger charge is -2.33. The standard InChI is InChI=1S/C18H23N3O5S/c1-18(2,3)21(17(25)26)7-10-9-27-14-11(10)8-20(16(14)24)12-5-4-6-13(22)19-15(12)23/h9,12H,4-8H2,1-3H3,(H,25,26)(H,19,22,23)/t12-/m0/s1. The molecule has 0 bridgehead atoms. The first-order valence-electron chi connectivity index (χ1n) is 8.84. The van der Waals surface area contributed by atoms with E-state index >= 15 is 0 Å². The van der Waals surface area contributed by atoms with Crippen LogP contribution in [0.25, 0.3) is 0 Å². The van der Waals surface area contributed by atoms with E-state index in [0.717, 1.165) is 11.1 Å². The molecule has 9 heteroatoms. The fraction of sp³-hybridized carbons (Fsp3) is 0.556. The van der Waals surface area contributed by atoms with Crippen molar-refractivity contribution in [2.24, 2.45) is 0 Å². The monoisotopic (exact) mass is 393 g/mol. The van der Waals surface area contributed by atoms with Crippen molar-refractivity contribution >= 4 is 35.2 Å². The van der Waals surface area contributed by atoms with Gasteiger partial charge in [0.05, 0.1) is 11.4 Å². The van der Waals surface area contributed by atoms with E-state index in [1.807, 2.05) is 26.2 Å². The first-order chi connectivity index (χ1) is 12.6. The van der Waals surface area contributed by atoms with Crippen LogP contribution < -0.4 is 5.32 Å². The molecule has 1 atom stereocenters. The zero-order chi connectivity index (χ0) is 19.9. The molecule has 3 rings (SSSR count). The van der Waals surface area contributed by atoms with Gasteiger partial charge in [-0.05, 0) is 44.6 Å². The van der Waals surface area contributed by atoms with E-state index in [-0.39, 0.29) is 31.3 Å². The van der Waals surface area contributed by atoms with Gasteiger partial charge in [0, 0.05) is 24.1 Å². The number of thiophene rings is 1. The third kappa shape index (κ3) is 3.69. The smallest absolute Gasteiger partial charge is 0.408 e. The molecule has 2 aliphatic heterocycles. The number of nitrogens with one attached hydrogen (secondary N) is 1. The SMILES string of the molecule is CC(C)(C)N(Cc1csc2c1CN([C@H]1CCCC(=O)NC1=O)C2=O)C(=O)O. The highest BCUT2D eigenvalue weighted by Crippen LogP contribution is 2.35. The summed E-state index contributed by atoms with van der Waals surface area (Å²) >= 11 is 1.28. The number of rotatable bonds is 3. The van der Waals surface area contributed by atoms with Crippen LogP contribution in [0.4, 0.5) is 4.79 Å². The highest BCUT2D eigenvalue weighted by Gasteiger charge is 2.40. The van der Waals surface area contributed by atoms with Crippen molar-refractivity contribution in [2.75, 3.05) is 0 Å². The highest BCUT2D eigenvalue weighted by molar-refractivity contribution is 7.12. The van der Waals surface area contributed by atoms with Gasteiger partial charge in [0.1, 0.15) is 6.04 Å². The number of imide groups is 1. The topological polar surface area (TPSA) is 107 Å². The van der Waals surface area contributed by atoms with Crippen molar-refractivity contribution in [2.45, 2.75) is 64.7 Å². The second kappa shape index (κ2) is 6.95. The Morgan fingerprint density at radius 1 is 1.37 bits per heavy atom. The molecular weight excluding hydrogens is 370 g/mol. The summed E-state index contributed by atoms with van der Waals surface area (Å²) in [6.07, 6.45) is 0.238. The Kier molecular flexibility index (Phi) is 4.98. The molecule has 0 spiro atoms. The van der Waals surface area contributed by atoms with Crippen LogP contribution in [0.15, 0.2) is 5.38 Å². The largest absolute Gasteiger partial charge is 0.465 e. The lowest BCUT2D eigenvalue weighted by atomic mass is 10.0. The summed E-state index contributed by atoms with van der Waals surface area (Å²) in [5.41, 5.74) is 0.988. The number of fused-ring (bicyclic) bond motifs is 1. The van der Waals surface area contributed by atoms with Crippen LogP contribution >= 0.6 is 11.3 Å². The van der Waals surface area contributed by atoms with Gasteiger partial charge in [0.2, 0.25) is 11.8 Å². The van der Waals surface area contributed by atoms with Crippen molar-refractivity contribution in [3.63, 3.8) is 0 Å². The number of carbonyl (C=O) groups is 4. The second-order valence-electron chi connectivity index (χ2n) is 7.86. The number of nitrogens with zero attached hydrogens (tertiary/aromatic N) is 2. The average Bonchev–Trinajstić information content (AvgIpc) is 3.03. The van der Waals surface area contributed by atoms with Crippen LogP contribution in [0.3, 0.4) is 0 Å². The fourth-order valence-electron chi connectivity index (χ4n) is 3.46. The Morgan fingerprint density at radius 3 is 2.70 bits per heavy atom. The summed E-state index contributed by atoms with van der Waals surface area (Å²) in [5.74, 6) is -0.982. The summed E-state index contributed by atoms with van der Waals surface area (Å²) in [5, 5.41) is 13.7. The quantitative estimate of drug-likeness (QED) is 0.766. The molecule has 2 aliphatic rings. The molecular formula is C18H23N3O5S. The van der Waals surface area contributed by atoms with Gasteiger partial charge in [-0.2, -0.15) is 0 Å². The molecule has 8 nitrogen and oxygen atoms in total. The Bertz CT molecular complexity index is 810. The first kappa shape index (κ1) is 19.3. The van der Waals surface area contributed by atoms with Crippen LogP contribution in [-0.2, 0) is 22.7 Å². The number of hydrogen-bond acceptors (Lipinski definition) is 5. The van der Waals surface area contributed by atoms with Crippen LogP contribution in [0.5, 0.6) is 0 Å². The number of carboxylic acid groups (broad SMARTS) is 1. The average molecular weight is 393 g/mol. The van der Waals surface area contributed by atoms with Crippen molar-refractivity contribution in [3.05, 3.63) is 21.4 Å². The van der Waals surface area contributed by atoms with E-state index in [9.17, 15) is 24.3 Å². The maximum atomic E-state index is 12.8. The first-order valence-corrected chi connectivity index (χ1v) is 9.72. The Morgan fingerprint density at radius 2 is 2.07 bits per heavy atom. The minimum atomic E-state index is -1.02. The Labute approximate surface area is 161 Å². The van der Waals surface area contributed by atoms with Gasteiger partial charge in [-0.15, -0.1) is 11.3 Å². The normalized spacial score (nSPS) is 20.3. The summed E-state index contributed by atoms with van der Waals surface area (Å²) in [7, 11) is 0. The number of amides is 4. The Balaban J connectivity index is 1.83. The third-order valence-corrected chi connectivity index (χ3v) is 6.02. The zero-order valence-electron chi connectivity index (χ0n) is 15.6. The van der Waals surface area contributed by atoms with E-state index in [4.69, 9.17) is 0 Å². The van der Waals surface area contributed by atoms with E-state index in [0.29, 0.717) is 17.7 Å². The van der Waals surface area contributed by atoms with Gasteiger partial charge in [0.15, 0.2) is 0 Å². The van der Waals surface area contributed by atoms with Gasteiger partial charge in [-0.1, -0.05) is 0 Å². The Hall–Kier alpha value is -2.42. The summed E-state index contributed by atoms with van der Waals surface area (Å²) in [6, 6.07) is -0.672. The molecule has 0 aliphatic carbocycles. The molecule has 27 heavy (non-hydrogen) atoms. The van der Waals surface area contributed by atoms with Crippen LogP contribution in [-0.4, -0.2) is 50.3 Å². The summed E-state index contributed by atoms with van der Waals surface area (Å²) in [4.78, 5) is 51.7. The predicted octanol–water partition coefficient (Wildman–Crippen LogP) is 2.18. The van der Waals surface area contributed by atoms with E-state index in [1.54, 1.807) is 0 Å². The predicted molar refractivity (Wildman–Crippen MR) is 98.3 cm³/mol. The second-order valence-corrected chi connectivity index (χ2v) is 8.74. The van der Waals surface area contributed by atoms with Crippen LogP contribution in [0.1, 0.15) is 60.8 Å². The highest BCUT2D eigenvalue weighted by atomic mass is 32.1. The molecule has 0 radical (unpaired) electrons. The molecule has 2 N–H and O–H groups in total. The van der Waals surface area contributed by atoms with E-state index in [1.165, 1.54) is 21.1 Å². The van der Waals surface area contributed by atoms with Gasteiger partial charge >= 0.3 is 6.09 Å². The lowest BCUT2D eigenvalue weighted by Crippen LogP contribution is -2.47. The minimum Gasteiger partial charge on any atom is -0.465 e. The number of hydrogen-bond donors (Lipinski definition) is 2. The molecule has 0 aromatic carbocycles. The molecule has 1 saturated heterocycles. The molecule has 1 aromatic rings. The van der Waals surface area contributed by atoms with Crippen molar-refractivity contribution in [1.29, 1.82) is 0 Å². The molecule has 0 unspecified atom stereocenters. The van der Waals surface area contributed by atoms with Gasteiger partial charge in [-0.25, -0.2) is 4.79 Å². The molecule has 0 saturated carbocycles. The summed E-state index contributed by atoms with van der Waals surface area (Å²) < 4.78 is 0. The molecule has 146 valence electrons. The van der Waals surface area contributed by atoms with Gasteiger partial charge in [-0.3, -0.25) is 24.6 Å². The number of carbonyl (C=O) groups excluding carboxylic acids is 3. The van der Waals surface area contributed by atoms with E-state index < -0.39 is 23.6 Å². The minimum absolute atomic E-state index is 0.182. The molecule has 1 fully saturated rings. The maximum Gasteiger partial charge on any atom is 0.408 e. The summed E-state index contributed by atoms with van der Waals surface area (Å²) in [6.45, 7) is 5.89. The zero-order valence-corrected chi connectivity index (χ0v) is 16.4. The lowest BCUT2D eigenvalue weighted by molar-refractivity contribution is -0.132. The van der Waals surface area contributed by atoms with Crippen molar-refractivity contribution in [3.8, 4) is 0 Å². The van der Waals surface area contributed by atoms with Gasteiger partial charge < -0.3 is 10.0 Å². The molecule has 4 amide bonds. The molecule has 3 heterocycles. The third-order valence-electron chi connectivity index (χ3n) is 4.96. The van der Waals surface area contributed by atoms with Crippen LogP contribution in [0.2, 0.25) is 0 Å². The van der Waals surface area contributed by atoms with Crippen LogP contribution in [0, 0.1) is 0 Å². The van der Waals surface area contributed by atoms with Crippen molar-refractivity contribution < 1.29 is 24.3 Å². The molecule has 1 aromatic heterocycles. The fourth-order valence-corrected chi connectivity index (χ4v) is 4.49.